The Labute approximate surface area is 109 Å². The monoisotopic (exact) mass is 256 g/mol. The van der Waals surface area contributed by atoms with Crippen LogP contribution < -0.4 is 5.32 Å². The zero-order chi connectivity index (χ0) is 12.5. The first kappa shape index (κ1) is 13.2. The van der Waals surface area contributed by atoms with Gasteiger partial charge in [0, 0.05) is 29.9 Å². The lowest BCUT2D eigenvalue weighted by molar-refractivity contribution is -0.128. The maximum Gasteiger partial charge on any atom is 0.232 e. The molecule has 1 amide bonds. The highest BCUT2D eigenvalue weighted by Gasteiger charge is 2.31. The maximum absolute atomic E-state index is 12.2. The first-order chi connectivity index (χ1) is 7.94. The summed E-state index contributed by atoms with van der Waals surface area (Å²) in [6.07, 6.45) is 3.66. The molecule has 4 heteroatoms. The first-order valence-electron chi connectivity index (χ1n) is 6.62. The zero-order valence-electron chi connectivity index (χ0n) is 11.2. The minimum atomic E-state index is 0.179. The van der Waals surface area contributed by atoms with Crippen LogP contribution in [0.25, 0.3) is 0 Å². The van der Waals surface area contributed by atoms with E-state index in [-0.39, 0.29) is 4.75 Å². The molecule has 2 bridgehead atoms. The van der Waals surface area contributed by atoms with Gasteiger partial charge in [-0.15, -0.1) is 11.8 Å². The number of rotatable bonds is 2. The molecule has 2 heterocycles. The van der Waals surface area contributed by atoms with Crippen LogP contribution >= 0.6 is 11.8 Å². The van der Waals surface area contributed by atoms with Gasteiger partial charge in [0.2, 0.25) is 5.91 Å². The van der Waals surface area contributed by atoms with Crippen LogP contribution in [0.3, 0.4) is 0 Å². The van der Waals surface area contributed by atoms with Crippen molar-refractivity contribution in [3.63, 3.8) is 0 Å². The standard InChI is InChI=1S/C13H24N2OS/c1-13(2,3)17-9-12(16)15-7-6-10-4-5-11(8-15)14-10/h10-11,14H,4-9H2,1-3H3. The van der Waals surface area contributed by atoms with E-state index in [1.807, 2.05) is 0 Å². The third kappa shape index (κ3) is 3.88. The lowest BCUT2D eigenvalue weighted by atomic mass is 10.1. The second-order valence-electron chi connectivity index (χ2n) is 6.17. The summed E-state index contributed by atoms with van der Waals surface area (Å²) in [6.45, 7) is 8.35. The van der Waals surface area contributed by atoms with Gasteiger partial charge in [0.15, 0.2) is 0 Å². The smallest absolute Gasteiger partial charge is 0.232 e. The minimum Gasteiger partial charge on any atom is -0.340 e. The van der Waals surface area contributed by atoms with E-state index in [9.17, 15) is 4.79 Å². The van der Waals surface area contributed by atoms with Crippen molar-refractivity contribution in [1.82, 2.24) is 10.2 Å². The molecule has 2 unspecified atom stereocenters. The highest BCUT2D eigenvalue weighted by molar-refractivity contribution is 8.01. The molecule has 2 fully saturated rings. The van der Waals surface area contributed by atoms with Crippen molar-refractivity contribution < 1.29 is 4.79 Å². The minimum absolute atomic E-state index is 0.179. The molecule has 0 spiro atoms. The molecular formula is C13H24N2OS. The molecular weight excluding hydrogens is 232 g/mol. The fourth-order valence-electron chi connectivity index (χ4n) is 2.54. The Morgan fingerprint density at radius 3 is 2.71 bits per heavy atom. The molecule has 2 atom stereocenters. The Kier molecular flexibility index (Phi) is 4.03. The van der Waals surface area contributed by atoms with E-state index in [1.54, 1.807) is 11.8 Å². The summed E-state index contributed by atoms with van der Waals surface area (Å²) in [7, 11) is 0. The van der Waals surface area contributed by atoms with Crippen molar-refractivity contribution in [2.75, 3.05) is 18.8 Å². The van der Waals surface area contributed by atoms with Gasteiger partial charge in [-0.3, -0.25) is 4.79 Å². The first-order valence-corrected chi connectivity index (χ1v) is 7.60. The second-order valence-corrected chi connectivity index (χ2v) is 7.97. The fraction of sp³-hybridized carbons (Fsp3) is 0.923. The summed E-state index contributed by atoms with van der Waals surface area (Å²) < 4.78 is 0.179. The van der Waals surface area contributed by atoms with Crippen molar-refractivity contribution >= 4 is 17.7 Å². The van der Waals surface area contributed by atoms with Crippen molar-refractivity contribution in [2.45, 2.75) is 56.9 Å². The Hall–Kier alpha value is -0.220. The van der Waals surface area contributed by atoms with Crippen LogP contribution in [0.15, 0.2) is 0 Å². The number of likely N-dealkylation sites (tertiary alicyclic amines) is 1. The lowest BCUT2D eigenvalue weighted by Gasteiger charge is -2.26. The summed E-state index contributed by atoms with van der Waals surface area (Å²) in [6, 6.07) is 1.21. The topological polar surface area (TPSA) is 32.3 Å². The van der Waals surface area contributed by atoms with Crippen molar-refractivity contribution in [2.24, 2.45) is 0 Å². The second kappa shape index (κ2) is 5.19. The van der Waals surface area contributed by atoms with Gasteiger partial charge < -0.3 is 10.2 Å². The van der Waals surface area contributed by atoms with E-state index in [2.05, 4.69) is 31.0 Å². The third-order valence-corrected chi connectivity index (χ3v) is 4.76. The predicted octanol–water partition coefficient (Wildman–Crippen LogP) is 1.87. The summed E-state index contributed by atoms with van der Waals surface area (Å²) in [5.74, 6) is 0.945. The summed E-state index contributed by atoms with van der Waals surface area (Å²) in [4.78, 5) is 14.2. The number of carbonyl (C=O) groups excluding carboxylic acids is 1. The third-order valence-electron chi connectivity index (χ3n) is 3.50. The quantitative estimate of drug-likeness (QED) is 0.818. The van der Waals surface area contributed by atoms with E-state index in [1.165, 1.54) is 12.8 Å². The number of nitrogens with one attached hydrogen (secondary N) is 1. The van der Waals surface area contributed by atoms with Crippen LogP contribution in [0.2, 0.25) is 0 Å². The Morgan fingerprint density at radius 2 is 2.00 bits per heavy atom. The number of carbonyl (C=O) groups is 1. The summed E-state index contributed by atoms with van der Waals surface area (Å²) >= 11 is 1.75. The Morgan fingerprint density at radius 1 is 1.29 bits per heavy atom. The molecule has 0 aromatic heterocycles. The lowest BCUT2D eigenvalue weighted by Crippen LogP contribution is -2.40. The van der Waals surface area contributed by atoms with Crippen LogP contribution in [0.5, 0.6) is 0 Å². The molecule has 2 saturated heterocycles. The highest BCUT2D eigenvalue weighted by atomic mass is 32.2. The van der Waals surface area contributed by atoms with Gasteiger partial charge in [-0.25, -0.2) is 0 Å². The largest absolute Gasteiger partial charge is 0.340 e. The van der Waals surface area contributed by atoms with Crippen LogP contribution in [-0.2, 0) is 4.79 Å². The zero-order valence-corrected chi connectivity index (χ0v) is 12.0. The van der Waals surface area contributed by atoms with Crippen molar-refractivity contribution in [1.29, 1.82) is 0 Å². The maximum atomic E-state index is 12.2. The number of fused-ring (bicyclic) bond motifs is 2. The molecule has 3 nitrogen and oxygen atoms in total. The van der Waals surface area contributed by atoms with Crippen LogP contribution in [0.1, 0.15) is 40.0 Å². The van der Waals surface area contributed by atoms with E-state index in [0.29, 0.717) is 23.7 Å². The SMILES string of the molecule is CC(C)(C)SCC(=O)N1CCC2CCC(C1)N2. The van der Waals surface area contributed by atoms with Crippen LogP contribution in [0.4, 0.5) is 0 Å². The van der Waals surface area contributed by atoms with Crippen LogP contribution in [0, 0.1) is 0 Å². The average Bonchev–Trinajstić information content (AvgIpc) is 2.54. The van der Waals surface area contributed by atoms with Gasteiger partial charge in [-0.05, 0) is 19.3 Å². The van der Waals surface area contributed by atoms with Gasteiger partial charge in [0.1, 0.15) is 0 Å². The molecule has 17 heavy (non-hydrogen) atoms. The molecule has 0 saturated carbocycles. The molecule has 0 aliphatic carbocycles. The number of thioether (sulfide) groups is 1. The molecule has 98 valence electrons. The highest BCUT2D eigenvalue weighted by Crippen LogP contribution is 2.25. The average molecular weight is 256 g/mol. The normalized spacial score (nSPS) is 29.2. The predicted molar refractivity (Wildman–Crippen MR) is 73.4 cm³/mol. The fourth-order valence-corrected chi connectivity index (χ4v) is 3.28. The molecule has 2 rings (SSSR count). The molecule has 1 N–H and O–H groups in total. The van der Waals surface area contributed by atoms with Gasteiger partial charge in [-0.2, -0.15) is 0 Å². The van der Waals surface area contributed by atoms with Gasteiger partial charge in [-0.1, -0.05) is 20.8 Å². The molecule has 0 radical (unpaired) electrons. The van der Waals surface area contributed by atoms with Crippen LogP contribution in [-0.4, -0.2) is 46.5 Å². The van der Waals surface area contributed by atoms with Crippen molar-refractivity contribution in [3.8, 4) is 0 Å². The molecule has 2 aliphatic heterocycles. The Bertz CT molecular complexity index is 288. The number of hydrogen-bond donors (Lipinski definition) is 1. The number of hydrogen-bond acceptors (Lipinski definition) is 3. The molecule has 0 aromatic rings. The summed E-state index contributed by atoms with van der Waals surface area (Å²) in [5.41, 5.74) is 0. The van der Waals surface area contributed by atoms with E-state index in [4.69, 9.17) is 0 Å². The van der Waals surface area contributed by atoms with Gasteiger partial charge in [0.05, 0.1) is 5.75 Å². The van der Waals surface area contributed by atoms with Gasteiger partial charge >= 0.3 is 0 Å². The summed E-state index contributed by atoms with van der Waals surface area (Å²) in [5, 5.41) is 3.61. The van der Waals surface area contributed by atoms with Gasteiger partial charge in [0.25, 0.3) is 0 Å². The van der Waals surface area contributed by atoms with E-state index >= 15 is 0 Å². The number of nitrogens with zero attached hydrogens (tertiary/aromatic N) is 1. The van der Waals surface area contributed by atoms with E-state index < -0.39 is 0 Å². The molecule has 2 aliphatic rings. The number of amides is 1. The van der Waals surface area contributed by atoms with E-state index in [0.717, 1.165) is 19.5 Å². The molecule has 0 aromatic carbocycles. The van der Waals surface area contributed by atoms with Crippen molar-refractivity contribution in [3.05, 3.63) is 0 Å². The Balaban J connectivity index is 1.83.